The third-order valence-electron chi connectivity index (χ3n) is 4.34. The van der Waals surface area contributed by atoms with Gasteiger partial charge in [-0.15, -0.1) is 5.10 Å². The quantitative estimate of drug-likeness (QED) is 0.717. The summed E-state index contributed by atoms with van der Waals surface area (Å²) < 4.78 is 8.00. The zero-order chi connectivity index (χ0) is 17.4. The molecule has 0 atom stereocenters. The number of nitrogens with zero attached hydrogens (tertiary/aromatic N) is 5. The minimum atomic E-state index is -0.0334. The van der Waals surface area contributed by atoms with Crippen LogP contribution in [0.4, 0.5) is 5.13 Å². The smallest absolute Gasteiger partial charge is 0.261 e. The molecule has 7 nitrogen and oxygen atoms in total. The van der Waals surface area contributed by atoms with Gasteiger partial charge >= 0.3 is 0 Å². The number of piperazine rings is 1. The van der Waals surface area contributed by atoms with Gasteiger partial charge in [-0.05, 0) is 12.1 Å². The largest absolute Gasteiger partial charge is 0.479 e. The van der Waals surface area contributed by atoms with E-state index in [1.165, 1.54) is 11.8 Å². The summed E-state index contributed by atoms with van der Waals surface area (Å²) in [4.78, 5) is 21.5. The van der Waals surface area contributed by atoms with Crippen LogP contribution in [-0.4, -0.2) is 58.9 Å². The van der Waals surface area contributed by atoms with Crippen LogP contribution in [0.2, 0.25) is 0 Å². The van der Waals surface area contributed by atoms with Gasteiger partial charge in [-0.25, -0.2) is 4.98 Å². The van der Waals surface area contributed by atoms with E-state index in [2.05, 4.69) is 16.1 Å². The maximum atomic E-state index is 12.7. The van der Waals surface area contributed by atoms with E-state index in [0.29, 0.717) is 24.5 Å². The van der Waals surface area contributed by atoms with Crippen LogP contribution in [0, 0.1) is 0 Å². The summed E-state index contributed by atoms with van der Waals surface area (Å²) in [5.74, 6) is 0.343. The van der Waals surface area contributed by atoms with Crippen molar-refractivity contribution >= 4 is 32.6 Å². The van der Waals surface area contributed by atoms with E-state index in [1.807, 2.05) is 23.1 Å². The van der Waals surface area contributed by atoms with Crippen LogP contribution in [0.3, 0.4) is 0 Å². The van der Waals surface area contributed by atoms with Crippen molar-refractivity contribution in [1.29, 1.82) is 0 Å². The first-order chi connectivity index (χ1) is 12.2. The molecule has 2 aromatic heterocycles. The molecule has 1 aliphatic rings. The molecule has 4 rings (SSSR count). The zero-order valence-electron chi connectivity index (χ0n) is 14.2. The number of carbonyl (C=O) groups is 1. The number of thiazole rings is 1. The number of rotatable bonds is 3. The van der Waals surface area contributed by atoms with Crippen molar-refractivity contribution in [3.63, 3.8) is 0 Å². The van der Waals surface area contributed by atoms with Crippen LogP contribution in [0.25, 0.3) is 10.2 Å². The average molecular weight is 357 g/mol. The molecule has 1 aromatic carbocycles. The van der Waals surface area contributed by atoms with E-state index in [-0.39, 0.29) is 5.91 Å². The third-order valence-corrected chi connectivity index (χ3v) is 5.44. The molecule has 1 amide bonds. The van der Waals surface area contributed by atoms with Crippen molar-refractivity contribution in [1.82, 2.24) is 19.7 Å². The van der Waals surface area contributed by atoms with Crippen molar-refractivity contribution in [2.24, 2.45) is 7.05 Å². The molecule has 0 spiro atoms. The SMILES string of the molecule is COc1nn(C)cc1C(=O)N1CCN(c2nc3ccccc3s2)CC1. The number of fused-ring (bicyclic) bond motifs is 1. The van der Waals surface area contributed by atoms with E-state index in [0.717, 1.165) is 23.7 Å². The fourth-order valence-corrected chi connectivity index (χ4v) is 4.05. The van der Waals surface area contributed by atoms with Crippen molar-refractivity contribution < 1.29 is 9.53 Å². The molecule has 0 unspecified atom stereocenters. The number of aryl methyl sites for hydroxylation is 1. The number of amides is 1. The van der Waals surface area contributed by atoms with Crippen LogP contribution in [0.15, 0.2) is 30.5 Å². The maximum Gasteiger partial charge on any atom is 0.261 e. The lowest BCUT2D eigenvalue weighted by Crippen LogP contribution is -2.48. The highest BCUT2D eigenvalue weighted by atomic mass is 32.1. The molecule has 1 aliphatic heterocycles. The average Bonchev–Trinajstić information content (AvgIpc) is 3.24. The number of hydrogen-bond acceptors (Lipinski definition) is 6. The molecule has 130 valence electrons. The first-order valence-corrected chi connectivity index (χ1v) is 8.95. The Morgan fingerprint density at radius 1 is 1.20 bits per heavy atom. The van der Waals surface area contributed by atoms with Gasteiger partial charge in [-0.1, -0.05) is 23.5 Å². The summed E-state index contributed by atoms with van der Waals surface area (Å²) >= 11 is 1.70. The molecule has 1 saturated heterocycles. The Balaban J connectivity index is 1.46. The Hall–Kier alpha value is -2.61. The standard InChI is InChI=1S/C17H19N5O2S/c1-20-11-12(15(19-20)24-2)16(23)21-7-9-22(10-8-21)17-18-13-5-3-4-6-14(13)25-17/h3-6,11H,7-10H2,1-2H3. The molecule has 25 heavy (non-hydrogen) atoms. The molecule has 0 bridgehead atoms. The Bertz CT molecular complexity index is 878. The molecule has 0 N–H and O–H groups in total. The van der Waals surface area contributed by atoms with Crippen LogP contribution in [0.5, 0.6) is 5.88 Å². The number of carbonyl (C=O) groups excluding carboxylic acids is 1. The van der Waals surface area contributed by atoms with Gasteiger partial charge in [-0.3, -0.25) is 9.48 Å². The van der Waals surface area contributed by atoms with Gasteiger partial charge in [0.15, 0.2) is 5.13 Å². The summed E-state index contributed by atoms with van der Waals surface area (Å²) in [7, 11) is 3.31. The van der Waals surface area contributed by atoms with Crippen LogP contribution in [0.1, 0.15) is 10.4 Å². The minimum Gasteiger partial charge on any atom is -0.479 e. The molecular formula is C17H19N5O2S. The highest BCUT2D eigenvalue weighted by Gasteiger charge is 2.27. The summed E-state index contributed by atoms with van der Waals surface area (Å²) in [6.07, 6.45) is 1.71. The molecule has 0 aliphatic carbocycles. The van der Waals surface area contributed by atoms with Crippen LogP contribution >= 0.6 is 11.3 Å². The summed E-state index contributed by atoms with van der Waals surface area (Å²) in [5, 5.41) is 5.18. The lowest BCUT2D eigenvalue weighted by molar-refractivity contribution is 0.0743. The molecule has 8 heteroatoms. The number of anilines is 1. The van der Waals surface area contributed by atoms with Gasteiger partial charge in [0, 0.05) is 39.4 Å². The molecule has 0 saturated carbocycles. The molecule has 3 aromatic rings. The topological polar surface area (TPSA) is 63.5 Å². The van der Waals surface area contributed by atoms with E-state index < -0.39 is 0 Å². The number of benzene rings is 1. The second-order valence-corrected chi connectivity index (χ2v) is 6.98. The second-order valence-electron chi connectivity index (χ2n) is 5.97. The lowest BCUT2D eigenvalue weighted by atomic mass is 10.2. The van der Waals surface area contributed by atoms with Gasteiger partial charge in [0.05, 0.1) is 17.3 Å². The van der Waals surface area contributed by atoms with Crippen molar-refractivity contribution in [2.45, 2.75) is 0 Å². The summed E-state index contributed by atoms with van der Waals surface area (Å²) in [6, 6.07) is 8.15. The first kappa shape index (κ1) is 15.9. The fraction of sp³-hybridized carbons (Fsp3) is 0.353. The number of hydrogen-bond donors (Lipinski definition) is 0. The highest BCUT2D eigenvalue weighted by Crippen LogP contribution is 2.29. The number of para-hydroxylation sites is 1. The zero-order valence-corrected chi connectivity index (χ0v) is 15.0. The fourth-order valence-electron chi connectivity index (χ4n) is 3.03. The lowest BCUT2D eigenvalue weighted by Gasteiger charge is -2.34. The highest BCUT2D eigenvalue weighted by molar-refractivity contribution is 7.22. The Kier molecular flexibility index (Phi) is 4.04. The van der Waals surface area contributed by atoms with Gasteiger partial charge in [0.2, 0.25) is 5.88 Å². The first-order valence-electron chi connectivity index (χ1n) is 8.13. The minimum absolute atomic E-state index is 0.0334. The predicted molar refractivity (Wildman–Crippen MR) is 97.5 cm³/mol. The molecular weight excluding hydrogens is 338 g/mol. The number of aromatic nitrogens is 3. The van der Waals surface area contributed by atoms with Crippen molar-refractivity contribution in [3.05, 3.63) is 36.0 Å². The normalized spacial score (nSPS) is 15.0. The van der Waals surface area contributed by atoms with Gasteiger partial charge in [0.1, 0.15) is 5.56 Å². The van der Waals surface area contributed by atoms with Crippen LogP contribution < -0.4 is 9.64 Å². The molecule has 1 fully saturated rings. The van der Waals surface area contributed by atoms with Gasteiger partial charge in [-0.2, -0.15) is 0 Å². The Morgan fingerprint density at radius 3 is 2.68 bits per heavy atom. The third kappa shape index (κ3) is 2.93. The van der Waals surface area contributed by atoms with Gasteiger partial charge in [0.25, 0.3) is 5.91 Å². The van der Waals surface area contributed by atoms with Crippen molar-refractivity contribution in [2.75, 3.05) is 38.2 Å². The number of methoxy groups -OCH3 is 1. The van der Waals surface area contributed by atoms with E-state index in [4.69, 9.17) is 9.72 Å². The van der Waals surface area contributed by atoms with Gasteiger partial charge < -0.3 is 14.5 Å². The van der Waals surface area contributed by atoms with E-state index >= 15 is 0 Å². The Labute approximate surface area is 149 Å². The van der Waals surface area contributed by atoms with E-state index in [9.17, 15) is 4.79 Å². The van der Waals surface area contributed by atoms with Crippen LogP contribution in [-0.2, 0) is 7.05 Å². The molecule has 0 radical (unpaired) electrons. The van der Waals surface area contributed by atoms with E-state index in [1.54, 1.807) is 29.3 Å². The maximum absolute atomic E-state index is 12.7. The second kappa shape index (κ2) is 6.36. The predicted octanol–water partition coefficient (Wildman–Crippen LogP) is 2.00. The molecule has 3 heterocycles. The number of ether oxygens (including phenoxy) is 1. The Morgan fingerprint density at radius 2 is 1.96 bits per heavy atom. The van der Waals surface area contributed by atoms with Crippen molar-refractivity contribution in [3.8, 4) is 5.88 Å². The summed E-state index contributed by atoms with van der Waals surface area (Å²) in [6.45, 7) is 2.86. The monoisotopic (exact) mass is 357 g/mol. The summed E-state index contributed by atoms with van der Waals surface area (Å²) in [5.41, 5.74) is 1.54.